The van der Waals surface area contributed by atoms with Crippen molar-refractivity contribution in [1.29, 1.82) is 0 Å². The van der Waals surface area contributed by atoms with Gasteiger partial charge in [0.05, 0.1) is 0 Å². The third-order valence-corrected chi connectivity index (χ3v) is 4.94. The average molecular weight is 217 g/mol. The van der Waals surface area contributed by atoms with Crippen LogP contribution in [0.2, 0.25) is 6.04 Å². The van der Waals surface area contributed by atoms with Crippen LogP contribution in [0.3, 0.4) is 0 Å². The van der Waals surface area contributed by atoms with E-state index in [0.717, 1.165) is 24.5 Å². The molecule has 0 spiro atoms. The van der Waals surface area contributed by atoms with Crippen LogP contribution >= 0.6 is 0 Å². The van der Waals surface area contributed by atoms with Crippen LogP contribution in [0.25, 0.3) is 0 Å². The highest BCUT2D eigenvalue weighted by Gasteiger charge is 2.36. The van der Waals surface area contributed by atoms with Gasteiger partial charge in [-0.15, -0.1) is 0 Å². The molecule has 0 atom stereocenters. The maximum atomic E-state index is 5.30. The van der Waals surface area contributed by atoms with E-state index in [9.17, 15) is 0 Å². The number of hydrogen-bond acceptors (Lipinski definition) is 3. The van der Waals surface area contributed by atoms with Gasteiger partial charge in [-0.1, -0.05) is 12.2 Å². The predicted octanol–water partition coefficient (Wildman–Crippen LogP) is 2.43. The molecule has 1 radical (unpaired) electrons. The quantitative estimate of drug-likeness (QED) is 0.461. The molecular formula is C10H21O3Si. The van der Waals surface area contributed by atoms with Crippen molar-refractivity contribution in [3.8, 4) is 0 Å². The van der Waals surface area contributed by atoms with Gasteiger partial charge in [0, 0.05) is 27.4 Å². The zero-order chi connectivity index (χ0) is 11.0. The molecule has 0 aliphatic heterocycles. The second-order valence-corrected chi connectivity index (χ2v) is 6.33. The minimum atomic E-state index is -2.34. The molecule has 0 unspecified atom stereocenters. The Morgan fingerprint density at radius 1 is 1.21 bits per heavy atom. The maximum Gasteiger partial charge on any atom is 0.500 e. The van der Waals surface area contributed by atoms with Gasteiger partial charge in [0.15, 0.2) is 0 Å². The topological polar surface area (TPSA) is 27.7 Å². The Kier molecular flexibility index (Phi) is 7.09. The normalized spacial score (nSPS) is 11.7. The van der Waals surface area contributed by atoms with E-state index < -0.39 is 8.80 Å². The highest BCUT2D eigenvalue weighted by molar-refractivity contribution is 6.60. The average Bonchev–Trinajstić information content (AvgIpc) is 2.19. The summed E-state index contributed by atoms with van der Waals surface area (Å²) in [6, 6.07) is 0.848. The molecule has 83 valence electrons. The lowest BCUT2D eigenvalue weighted by Gasteiger charge is -2.24. The fourth-order valence-electron chi connectivity index (χ4n) is 1.22. The Balaban J connectivity index is 3.77. The van der Waals surface area contributed by atoms with Crippen LogP contribution in [0.1, 0.15) is 19.8 Å². The molecule has 0 aliphatic rings. The predicted molar refractivity (Wildman–Crippen MR) is 59.9 cm³/mol. The van der Waals surface area contributed by atoms with Crippen LogP contribution in [0.15, 0.2) is 12.2 Å². The first-order valence-electron chi connectivity index (χ1n) is 4.74. The summed E-state index contributed by atoms with van der Waals surface area (Å²) < 4.78 is 15.9. The summed E-state index contributed by atoms with van der Waals surface area (Å²) in [6.07, 6.45) is 4.12. The molecule has 0 amide bonds. The molecule has 0 aromatic carbocycles. The summed E-state index contributed by atoms with van der Waals surface area (Å²) in [5, 5.41) is 0. The molecular weight excluding hydrogens is 196 g/mol. The molecule has 0 saturated carbocycles. The second kappa shape index (κ2) is 7.17. The van der Waals surface area contributed by atoms with E-state index in [-0.39, 0.29) is 0 Å². The molecule has 4 heteroatoms. The van der Waals surface area contributed by atoms with Gasteiger partial charge in [-0.25, -0.2) is 0 Å². The first kappa shape index (κ1) is 13.8. The molecule has 0 aromatic heterocycles. The minimum absolute atomic E-state index is 0.848. The van der Waals surface area contributed by atoms with Crippen molar-refractivity contribution in [2.24, 2.45) is 0 Å². The summed E-state index contributed by atoms with van der Waals surface area (Å²) in [7, 11) is 2.58. The van der Waals surface area contributed by atoms with Crippen LogP contribution in [-0.4, -0.2) is 30.1 Å². The second-order valence-electron chi connectivity index (χ2n) is 3.24. The van der Waals surface area contributed by atoms with Crippen molar-refractivity contribution >= 4 is 8.80 Å². The fraction of sp³-hybridized carbons (Fsp3) is 0.700. The Hall–Kier alpha value is -0.163. The third kappa shape index (κ3) is 4.90. The SMILES string of the molecule is C=C(C)[CH]CCC[Si](OC)(OC)OC. The Bertz CT molecular complexity index is 158. The summed E-state index contributed by atoms with van der Waals surface area (Å²) in [5.74, 6) is 0. The highest BCUT2D eigenvalue weighted by Crippen LogP contribution is 2.17. The molecule has 0 heterocycles. The van der Waals surface area contributed by atoms with Gasteiger partial charge >= 0.3 is 8.80 Å². The van der Waals surface area contributed by atoms with Crippen molar-refractivity contribution < 1.29 is 13.3 Å². The van der Waals surface area contributed by atoms with Gasteiger partial charge in [0.2, 0.25) is 0 Å². The Morgan fingerprint density at radius 3 is 2.07 bits per heavy atom. The van der Waals surface area contributed by atoms with E-state index in [0.29, 0.717) is 0 Å². The molecule has 14 heavy (non-hydrogen) atoms. The lowest BCUT2D eigenvalue weighted by Crippen LogP contribution is -2.42. The Labute approximate surface area is 88.4 Å². The van der Waals surface area contributed by atoms with E-state index in [1.807, 2.05) is 6.92 Å². The minimum Gasteiger partial charge on any atom is -0.377 e. The van der Waals surface area contributed by atoms with E-state index in [4.69, 9.17) is 13.3 Å². The van der Waals surface area contributed by atoms with Crippen LogP contribution in [0, 0.1) is 6.42 Å². The number of rotatable bonds is 8. The van der Waals surface area contributed by atoms with Gasteiger partial charge in [-0.3, -0.25) is 0 Å². The van der Waals surface area contributed by atoms with Gasteiger partial charge in [0.25, 0.3) is 0 Å². The zero-order valence-electron chi connectivity index (χ0n) is 9.63. The van der Waals surface area contributed by atoms with Crippen LogP contribution in [0.5, 0.6) is 0 Å². The first-order valence-corrected chi connectivity index (χ1v) is 6.67. The first-order chi connectivity index (χ1) is 6.60. The van der Waals surface area contributed by atoms with Crippen molar-refractivity contribution in [2.45, 2.75) is 25.8 Å². The molecule has 0 fully saturated rings. The number of allylic oxidation sites excluding steroid dienone is 1. The lowest BCUT2D eigenvalue weighted by atomic mass is 10.2. The van der Waals surface area contributed by atoms with Crippen molar-refractivity contribution in [3.63, 3.8) is 0 Å². The van der Waals surface area contributed by atoms with Crippen molar-refractivity contribution in [3.05, 3.63) is 18.6 Å². The van der Waals surface area contributed by atoms with Gasteiger partial charge in [-0.2, -0.15) is 0 Å². The van der Waals surface area contributed by atoms with Gasteiger partial charge < -0.3 is 13.3 Å². The lowest BCUT2D eigenvalue weighted by molar-refractivity contribution is 0.123. The highest BCUT2D eigenvalue weighted by atomic mass is 28.4. The van der Waals surface area contributed by atoms with E-state index in [1.165, 1.54) is 0 Å². The third-order valence-electron chi connectivity index (χ3n) is 2.11. The molecule has 0 saturated heterocycles. The van der Waals surface area contributed by atoms with E-state index in [2.05, 4.69) is 13.0 Å². The number of unbranched alkanes of at least 4 members (excludes halogenated alkanes) is 1. The Morgan fingerprint density at radius 2 is 1.71 bits per heavy atom. The summed E-state index contributed by atoms with van der Waals surface area (Å²) >= 11 is 0. The fourth-order valence-corrected chi connectivity index (χ4v) is 2.97. The number of hydrogen-bond donors (Lipinski definition) is 0. The standard InChI is InChI=1S/C10H21O3Si/c1-10(2)8-6-7-9-14(11-3,12-4)13-5/h8H,1,6-7,9H2,2-5H3. The maximum absolute atomic E-state index is 5.30. The molecule has 0 rings (SSSR count). The molecule has 0 aliphatic carbocycles. The monoisotopic (exact) mass is 217 g/mol. The molecule has 0 bridgehead atoms. The molecule has 3 nitrogen and oxygen atoms in total. The summed E-state index contributed by atoms with van der Waals surface area (Å²) in [4.78, 5) is 0. The van der Waals surface area contributed by atoms with Crippen LogP contribution < -0.4 is 0 Å². The van der Waals surface area contributed by atoms with E-state index in [1.54, 1.807) is 21.3 Å². The van der Waals surface area contributed by atoms with Gasteiger partial charge in [-0.05, 0) is 26.2 Å². The zero-order valence-corrected chi connectivity index (χ0v) is 10.6. The summed E-state index contributed by atoms with van der Waals surface area (Å²) in [5.41, 5.74) is 1.10. The molecule has 0 aromatic rings. The van der Waals surface area contributed by atoms with Crippen molar-refractivity contribution in [2.75, 3.05) is 21.3 Å². The van der Waals surface area contributed by atoms with Gasteiger partial charge in [0.1, 0.15) is 0 Å². The van der Waals surface area contributed by atoms with Crippen LogP contribution in [-0.2, 0) is 13.3 Å². The summed E-state index contributed by atoms with van der Waals surface area (Å²) in [6.45, 7) is 5.81. The van der Waals surface area contributed by atoms with Crippen molar-refractivity contribution in [1.82, 2.24) is 0 Å². The largest absolute Gasteiger partial charge is 0.500 e. The molecule has 0 N–H and O–H groups in total. The smallest absolute Gasteiger partial charge is 0.377 e. The van der Waals surface area contributed by atoms with E-state index >= 15 is 0 Å². The van der Waals surface area contributed by atoms with Crippen LogP contribution in [0.4, 0.5) is 0 Å².